The van der Waals surface area contributed by atoms with Crippen molar-refractivity contribution >= 4 is 51.7 Å². The van der Waals surface area contributed by atoms with Gasteiger partial charge in [-0.3, -0.25) is 19.8 Å². The molecule has 0 aliphatic carbocycles. The van der Waals surface area contributed by atoms with Crippen molar-refractivity contribution in [2.24, 2.45) is 0 Å². The normalized spacial score (nSPS) is 14.5. The molecule has 7 nitrogen and oxygen atoms in total. The van der Waals surface area contributed by atoms with E-state index in [2.05, 4.69) is 0 Å². The van der Waals surface area contributed by atoms with Gasteiger partial charge in [0.15, 0.2) is 4.32 Å². The van der Waals surface area contributed by atoms with Gasteiger partial charge in [-0.25, -0.2) is 0 Å². The number of nitro benzene ring substituents is 1. The number of thioether (sulfide) groups is 1. The van der Waals surface area contributed by atoms with Crippen LogP contribution in [-0.4, -0.2) is 28.4 Å². The van der Waals surface area contributed by atoms with Crippen molar-refractivity contribution in [3.05, 3.63) is 99.4 Å². The number of carbonyl (C=O) groups excluding carboxylic acids is 1. The zero-order valence-electron chi connectivity index (χ0n) is 17.2. The summed E-state index contributed by atoms with van der Waals surface area (Å²) < 4.78 is 11.7. The maximum atomic E-state index is 12.8. The number of para-hydroxylation sites is 1. The van der Waals surface area contributed by atoms with Gasteiger partial charge in [0, 0.05) is 12.1 Å². The summed E-state index contributed by atoms with van der Waals surface area (Å²) in [6.07, 6.45) is 1.81. The molecule has 4 rings (SSSR count). The van der Waals surface area contributed by atoms with Crippen LogP contribution < -0.4 is 14.4 Å². The fourth-order valence-electron chi connectivity index (χ4n) is 3.06. The Morgan fingerprint density at radius 1 is 0.909 bits per heavy atom. The van der Waals surface area contributed by atoms with Crippen LogP contribution in [0.15, 0.2) is 83.8 Å². The van der Waals surface area contributed by atoms with E-state index in [0.29, 0.717) is 33.9 Å². The van der Waals surface area contributed by atoms with Crippen molar-refractivity contribution in [2.75, 3.05) is 18.1 Å². The van der Waals surface area contributed by atoms with Gasteiger partial charge >= 0.3 is 0 Å². The second-order valence-electron chi connectivity index (χ2n) is 6.87. The van der Waals surface area contributed by atoms with E-state index in [9.17, 15) is 14.9 Å². The highest BCUT2D eigenvalue weighted by Gasteiger charge is 2.33. The SMILES string of the molecule is O=C1/C(=C/c2ccc(OCCOc3ccc([N+](=O)[O-])cc3)cc2)SC(=S)N1c1ccccc1. The number of rotatable bonds is 8. The van der Waals surface area contributed by atoms with Gasteiger partial charge in [0.25, 0.3) is 11.6 Å². The minimum atomic E-state index is -0.457. The zero-order valence-corrected chi connectivity index (χ0v) is 18.9. The number of hydrogen-bond acceptors (Lipinski definition) is 7. The van der Waals surface area contributed by atoms with Crippen LogP contribution >= 0.6 is 24.0 Å². The molecule has 0 spiro atoms. The molecule has 3 aromatic rings. The first-order chi connectivity index (χ1) is 16.0. The summed E-state index contributed by atoms with van der Waals surface area (Å²) in [5.74, 6) is 1.06. The number of anilines is 1. The molecule has 0 bridgehead atoms. The second kappa shape index (κ2) is 10.3. The van der Waals surface area contributed by atoms with Gasteiger partial charge in [0.2, 0.25) is 0 Å². The molecule has 0 unspecified atom stereocenters. The predicted molar refractivity (Wildman–Crippen MR) is 133 cm³/mol. The summed E-state index contributed by atoms with van der Waals surface area (Å²) in [5.41, 5.74) is 1.63. The topological polar surface area (TPSA) is 81.9 Å². The molecule has 1 aliphatic rings. The van der Waals surface area contributed by atoms with Crippen LogP contribution in [0.1, 0.15) is 5.56 Å². The van der Waals surface area contributed by atoms with E-state index in [-0.39, 0.29) is 11.6 Å². The van der Waals surface area contributed by atoms with Gasteiger partial charge in [0.1, 0.15) is 24.7 Å². The number of ether oxygens (including phenoxy) is 2. The molecule has 0 atom stereocenters. The van der Waals surface area contributed by atoms with E-state index in [1.54, 1.807) is 12.1 Å². The number of hydrogen-bond donors (Lipinski definition) is 0. The zero-order chi connectivity index (χ0) is 23.2. The van der Waals surface area contributed by atoms with E-state index in [4.69, 9.17) is 21.7 Å². The Hall–Kier alpha value is -3.69. The Balaban J connectivity index is 1.30. The third-order valence-electron chi connectivity index (χ3n) is 4.65. The molecule has 3 aromatic carbocycles. The van der Waals surface area contributed by atoms with Crippen molar-refractivity contribution in [3.63, 3.8) is 0 Å². The first-order valence-electron chi connectivity index (χ1n) is 9.94. The molecular formula is C24H18N2O5S2. The number of nitrogens with zero attached hydrogens (tertiary/aromatic N) is 2. The molecule has 0 aromatic heterocycles. The Morgan fingerprint density at radius 3 is 2.06 bits per heavy atom. The average Bonchev–Trinajstić information content (AvgIpc) is 3.11. The third-order valence-corrected chi connectivity index (χ3v) is 5.96. The van der Waals surface area contributed by atoms with Crippen LogP contribution in [0.2, 0.25) is 0 Å². The number of nitro groups is 1. The van der Waals surface area contributed by atoms with E-state index in [0.717, 1.165) is 11.3 Å². The van der Waals surface area contributed by atoms with Gasteiger partial charge in [-0.15, -0.1) is 0 Å². The van der Waals surface area contributed by atoms with Gasteiger partial charge in [0.05, 0.1) is 15.5 Å². The number of benzene rings is 3. The first-order valence-corrected chi connectivity index (χ1v) is 11.2. The smallest absolute Gasteiger partial charge is 0.270 e. The molecule has 0 saturated carbocycles. The number of non-ortho nitro benzene ring substituents is 1. The lowest BCUT2D eigenvalue weighted by molar-refractivity contribution is -0.384. The van der Waals surface area contributed by atoms with Crippen molar-refractivity contribution in [2.45, 2.75) is 0 Å². The summed E-state index contributed by atoms with van der Waals surface area (Å²) in [4.78, 5) is 25.1. The summed E-state index contributed by atoms with van der Waals surface area (Å²) in [6, 6.07) is 22.6. The molecule has 0 radical (unpaired) electrons. The lowest BCUT2D eigenvalue weighted by atomic mass is 10.2. The van der Waals surface area contributed by atoms with Crippen LogP contribution in [0.3, 0.4) is 0 Å². The Kier molecular flexibility index (Phi) is 7.01. The highest BCUT2D eigenvalue weighted by Crippen LogP contribution is 2.36. The average molecular weight is 479 g/mol. The van der Waals surface area contributed by atoms with Crippen molar-refractivity contribution < 1.29 is 19.2 Å². The first kappa shape index (κ1) is 22.5. The summed E-state index contributed by atoms with van der Waals surface area (Å²) in [6.45, 7) is 0.605. The summed E-state index contributed by atoms with van der Waals surface area (Å²) in [5, 5.41) is 10.7. The molecule has 9 heteroatoms. The van der Waals surface area contributed by atoms with Crippen LogP contribution in [-0.2, 0) is 4.79 Å². The maximum absolute atomic E-state index is 12.8. The number of amides is 1. The molecule has 1 amide bonds. The molecule has 1 aliphatic heterocycles. The molecule has 33 heavy (non-hydrogen) atoms. The highest BCUT2D eigenvalue weighted by molar-refractivity contribution is 8.27. The Labute approximate surface area is 199 Å². The minimum Gasteiger partial charge on any atom is -0.490 e. The molecule has 1 fully saturated rings. The number of carbonyl (C=O) groups is 1. The van der Waals surface area contributed by atoms with Crippen LogP contribution in [0, 0.1) is 10.1 Å². The predicted octanol–water partition coefficient (Wildman–Crippen LogP) is 5.46. The summed E-state index contributed by atoms with van der Waals surface area (Å²) in [7, 11) is 0. The van der Waals surface area contributed by atoms with E-state index in [1.165, 1.54) is 28.8 Å². The van der Waals surface area contributed by atoms with Crippen LogP contribution in [0.5, 0.6) is 11.5 Å². The lowest BCUT2D eigenvalue weighted by Gasteiger charge is -2.13. The fourth-order valence-corrected chi connectivity index (χ4v) is 4.36. The maximum Gasteiger partial charge on any atom is 0.270 e. The van der Waals surface area contributed by atoms with E-state index >= 15 is 0 Å². The van der Waals surface area contributed by atoms with E-state index in [1.807, 2.05) is 60.7 Å². The summed E-state index contributed by atoms with van der Waals surface area (Å²) >= 11 is 6.67. The standard InChI is InChI=1S/C24H18N2O5S2/c27-23-22(33-24(32)25(23)18-4-2-1-3-5-18)16-17-6-10-20(11-7-17)30-14-15-31-21-12-8-19(9-13-21)26(28)29/h1-13,16H,14-15H2/b22-16-. The van der Waals surface area contributed by atoms with Crippen LogP contribution in [0.4, 0.5) is 11.4 Å². The van der Waals surface area contributed by atoms with Gasteiger partial charge in [-0.2, -0.15) is 0 Å². The largest absolute Gasteiger partial charge is 0.490 e. The second-order valence-corrected chi connectivity index (χ2v) is 8.55. The molecule has 1 heterocycles. The number of thiocarbonyl (C=S) groups is 1. The van der Waals surface area contributed by atoms with Gasteiger partial charge in [-0.05, 0) is 48.0 Å². The monoisotopic (exact) mass is 478 g/mol. The fraction of sp³-hybridized carbons (Fsp3) is 0.0833. The van der Waals surface area contributed by atoms with Crippen molar-refractivity contribution in [1.29, 1.82) is 0 Å². The Morgan fingerprint density at radius 2 is 1.48 bits per heavy atom. The molecule has 0 N–H and O–H groups in total. The minimum absolute atomic E-state index is 0.0148. The van der Waals surface area contributed by atoms with Crippen molar-refractivity contribution in [1.82, 2.24) is 0 Å². The van der Waals surface area contributed by atoms with Crippen molar-refractivity contribution in [3.8, 4) is 11.5 Å². The van der Waals surface area contributed by atoms with Crippen LogP contribution in [0.25, 0.3) is 6.08 Å². The van der Waals surface area contributed by atoms with E-state index < -0.39 is 4.92 Å². The molecule has 1 saturated heterocycles. The van der Waals surface area contributed by atoms with Gasteiger partial charge in [-0.1, -0.05) is 54.3 Å². The molecule has 166 valence electrons. The highest BCUT2D eigenvalue weighted by atomic mass is 32.2. The molecular weight excluding hydrogens is 460 g/mol. The third kappa shape index (κ3) is 5.57. The van der Waals surface area contributed by atoms with Gasteiger partial charge < -0.3 is 9.47 Å². The lowest BCUT2D eigenvalue weighted by Crippen LogP contribution is -2.27. The Bertz CT molecular complexity index is 1200. The quantitative estimate of drug-likeness (QED) is 0.140.